The van der Waals surface area contributed by atoms with Crippen molar-refractivity contribution in [1.82, 2.24) is 14.9 Å². The molecule has 0 spiro atoms. The van der Waals surface area contributed by atoms with Crippen LogP contribution in [-0.2, 0) is 9.59 Å². The molecule has 7 heteroatoms. The highest BCUT2D eigenvalue weighted by molar-refractivity contribution is 5.90. The first-order valence-electron chi connectivity index (χ1n) is 5.22. The number of amides is 1. The van der Waals surface area contributed by atoms with Crippen LogP contribution in [0.5, 0.6) is 0 Å². The maximum absolute atomic E-state index is 11.9. The number of nitrogens with one attached hydrogen (secondary N) is 1. The van der Waals surface area contributed by atoms with E-state index in [1.165, 1.54) is 17.3 Å². The molecule has 2 N–H and O–H groups in total. The van der Waals surface area contributed by atoms with Gasteiger partial charge in [-0.2, -0.15) is 0 Å². The van der Waals surface area contributed by atoms with Crippen LogP contribution in [0.4, 0.5) is 0 Å². The highest BCUT2D eigenvalue weighted by atomic mass is 16.4. The molecule has 2 atom stereocenters. The number of carbonyl (C=O) groups excluding carboxylic acids is 1. The maximum atomic E-state index is 11.9. The summed E-state index contributed by atoms with van der Waals surface area (Å²) in [4.78, 5) is 22.9. The van der Waals surface area contributed by atoms with Crippen LogP contribution in [0.1, 0.15) is 12.8 Å². The number of carboxylic acid groups (broad SMARTS) is 1. The third-order valence-corrected chi connectivity index (χ3v) is 2.74. The number of nitrogens with zero attached hydrogens (tertiary/aromatic N) is 3. The first-order valence-corrected chi connectivity index (χ1v) is 5.22. The van der Waals surface area contributed by atoms with Crippen molar-refractivity contribution in [3.63, 3.8) is 0 Å². The van der Waals surface area contributed by atoms with E-state index < -0.39 is 17.8 Å². The predicted octanol–water partition coefficient (Wildman–Crippen LogP) is 0.0152. The van der Waals surface area contributed by atoms with Gasteiger partial charge in [0.15, 0.2) is 0 Å². The summed E-state index contributed by atoms with van der Waals surface area (Å²) in [5.74, 6) is -2.50. The van der Waals surface area contributed by atoms with Gasteiger partial charge in [0.1, 0.15) is 12.7 Å². The second kappa shape index (κ2) is 4.77. The lowest BCUT2D eigenvalue weighted by molar-refractivity contribution is -0.146. The van der Waals surface area contributed by atoms with Gasteiger partial charge in [-0.3, -0.25) is 15.0 Å². The number of hydrogen-bond donors (Lipinski definition) is 2. The number of aliphatic carboxylic acids is 1. The lowest BCUT2D eigenvalue weighted by Crippen LogP contribution is -2.37. The number of carboxylic acids is 1. The van der Waals surface area contributed by atoms with E-state index in [1.54, 1.807) is 6.08 Å². The summed E-state index contributed by atoms with van der Waals surface area (Å²) in [6.07, 6.45) is 7.12. The van der Waals surface area contributed by atoms with Crippen LogP contribution in [0.25, 0.3) is 0 Å². The minimum Gasteiger partial charge on any atom is -0.481 e. The highest BCUT2D eigenvalue weighted by Gasteiger charge is 2.34. The van der Waals surface area contributed by atoms with Gasteiger partial charge in [-0.15, -0.1) is 10.2 Å². The Morgan fingerprint density at radius 1 is 1.18 bits per heavy atom. The fourth-order valence-corrected chi connectivity index (χ4v) is 1.85. The Kier molecular flexibility index (Phi) is 3.17. The van der Waals surface area contributed by atoms with Crippen molar-refractivity contribution < 1.29 is 14.7 Å². The lowest BCUT2D eigenvalue weighted by atomic mass is 9.82. The molecule has 1 aliphatic carbocycles. The first-order chi connectivity index (χ1) is 8.18. The van der Waals surface area contributed by atoms with Gasteiger partial charge in [-0.05, 0) is 12.8 Å². The molecule has 1 heterocycles. The van der Waals surface area contributed by atoms with E-state index in [1.807, 2.05) is 6.08 Å². The van der Waals surface area contributed by atoms with E-state index in [9.17, 15) is 9.59 Å². The van der Waals surface area contributed by atoms with Crippen molar-refractivity contribution in [3.05, 3.63) is 24.8 Å². The van der Waals surface area contributed by atoms with Crippen molar-refractivity contribution in [1.29, 1.82) is 0 Å². The van der Waals surface area contributed by atoms with Crippen LogP contribution in [-0.4, -0.2) is 31.9 Å². The quantitative estimate of drug-likeness (QED) is 0.721. The number of carbonyl (C=O) groups is 2. The number of rotatable bonds is 3. The zero-order valence-electron chi connectivity index (χ0n) is 8.98. The van der Waals surface area contributed by atoms with Crippen LogP contribution in [0.15, 0.2) is 24.8 Å². The van der Waals surface area contributed by atoms with E-state index in [4.69, 9.17) is 5.11 Å². The second-order valence-electron chi connectivity index (χ2n) is 3.84. The zero-order chi connectivity index (χ0) is 12.3. The topological polar surface area (TPSA) is 97.1 Å². The van der Waals surface area contributed by atoms with Gasteiger partial charge in [-0.25, -0.2) is 4.68 Å². The molecule has 7 nitrogen and oxygen atoms in total. The molecule has 2 unspecified atom stereocenters. The fraction of sp³-hybridized carbons (Fsp3) is 0.400. The molecule has 1 amide bonds. The van der Waals surface area contributed by atoms with Crippen LogP contribution in [0, 0.1) is 11.8 Å². The van der Waals surface area contributed by atoms with Gasteiger partial charge in [0.25, 0.3) is 0 Å². The molecule has 0 radical (unpaired) electrons. The standard InChI is InChI=1S/C10H12N4O3/c15-9(13-14-5-11-12-6-14)7-3-1-2-4-8(7)10(16)17/h1-2,5-8H,3-4H2,(H,13,15)(H,16,17). The van der Waals surface area contributed by atoms with E-state index in [0.717, 1.165) is 0 Å². The average Bonchev–Trinajstić information content (AvgIpc) is 2.81. The first kappa shape index (κ1) is 11.3. The summed E-state index contributed by atoms with van der Waals surface area (Å²) >= 11 is 0. The van der Waals surface area contributed by atoms with E-state index in [2.05, 4.69) is 15.6 Å². The minimum atomic E-state index is -0.946. The van der Waals surface area contributed by atoms with Gasteiger partial charge in [0.2, 0.25) is 5.91 Å². The van der Waals surface area contributed by atoms with Crippen LogP contribution < -0.4 is 5.43 Å². The lowest BCUT2D eigenvalue weighted by Gasteiger charge is -2.23. The summed E-state index contributed by atoms with van der Waals surface area (Å²) in [5, 5.41) is 16.1. The molecule has 0 saturated heterocycles. The predicted molar refractivity (Wildman–Crippen MR) is 57.4 cm³/mol. The van der Waals surface area contributed by atoms with Gasteiger partial charge in [0, 0.05) is 0 Å². The van der Waals surface area contributed by atoms with E-state index in [0.29, 0.717) is 12.8 Å². The Labute approximate surface area is 97.1 Å². The summed E-state index contributed by atoms with van der Waals surface area (Å²) in [6, 6.07) is 0. The monoisotopic (exact) mass is 236 g/mol. The molecule has 2 rings (SSSR count). The average molecular weight is 236 g/mol. The Hall–Kier alpha value is -2.18. The van der Waals surface area contributed by atoms with E-state index >= 15 is 0 Å². The third-order valence-electron chi connectivity index (χ3n) is 2.74. The highest BCUT2D eigenvalue weighted by Crippen LogP contribution is 2.26. The van der Waals surface area contributed by atoms with Crippen molar-refractivity contribution in [2.75, 3.05) is 5.43 Å². The Morgan fingerprint density at radius 2 is 1.76 bits per heavy atom. The fourth-order valence-electron chi connectivity index (χ4n) is 1.85. The second-order valence-corrected chi connectivity index (χ2v) is 3.84. The molecule has 0 aromatic carbocycles. The van der Waals surface area contributed by atoms with Crippen LogP contribution in [0.3, 0.4) is 0 Å². The van der Waals surface area contributed by atoms with Gasteiger partial charge < -0.3 is 5.11 Å². The molecule has 0 fully saturated rings. The molecular formula is C10H12N4O3. The van der Waals surface area contributed by atoms with Gasteiger partial charge >= 0.3 is 5.97 Å². The molecule has 90 valence electrons. The normalized spacial score (nSPS) is 23.3. The zero-order valence-corrected chi connectivity index (χ0v) is 8.98. The van der Waals surface area contributed by atoms with Crippen molar-refractivity contribution in [3.8, 4) is 0 Å². The van der Waals surface area contributed by atoms with Gasteiger partial charge in [0.05, 0.1) is 11.8 Å². The van der Waals surface area contributed by atoms with Crippen molar-refractivity contribution in [2.45, 2.75) is 12.8 Å². The number of allylic oxidation sites excluding steroid dienone is 2. The largest absolute Gasteiger partial charge is 0.481 e. The Morgan fingerprint density at radius 3 is 2.35 bits per heavy atom. The van der Waals surface area contributed by atoms with Crippen LogP contribution in [0.2, 0.25) is 0 Å². The summed E-state index contributed by atoms with van der Waals surface area (Å²) < 4.78 is 1.31. The Balaban J connectivity index is 2.07. The third kappa shape index (κ3) is 2.49. The Bertz CT molecular complexity index is 440. The summed E-state index contributed by atoms with van der Waals surface area (Å²) in [7, 11) is 0. The molecule has 1 aromatic rings. The molecule has 1 aromatic heterocycles. The molecule has 1 aliphatic rings. The molecule has 0 saturated carbocycles. The number of aromatic nitrogens is 3. The summed E-state index contributed by atoms with van der Waals surface area (Å²) in [5.41, 5.74) is 2.53. The van der Waals surface area contributed by atoms with Crippen molar-refractivity contribution in [2.24, 2.45) is 11.8 Å². The molecule has 0 bridgehead atoms. The minimum absolute atomic E-state index is 0.332. The number of hydrogen-bond acceptors (Lipinski definition) is 4. The maximum Gasteiger partial charge on any atom is 0.307 e. The molecular weight excluding hydrogens is 224 g/mol. The smallest absolute Gasteiger partial charge is 0.307 e. The van der Waals surface area contributed by atoms with Crippen LogP contribution >= 0.6 is 0 Å². The summed E-state index contributed by atoms with van der Waals surface area (Å²) in [6.45, 7) is 0. The van der Waals surface area contributed by atoms with E-state index in [-0.39, 0.29) is 5.91 Å². The van der Waals surface area contributed by atoms with Gasteiger partial charge in [-0.1, -0.05) is 12.2 Å². The molecule has 17 heavy (non-hydrogen) atoms. The molecule has 0 aliphatic heterocycles. The van der Waals surface area contributed by atoms with Crippen molar-refractivity contribution >= 4 is 11.9 Å². The SMILES string of the molecule is O=C(O)C1CC=CCC1C(=O)Nn1cnnc1.